The van der Waals surface area contributed by atoms with E-state index >= 15 is 0 Å². The largest absolute Gasteiger partial charge is 0.302 e. The second-order valence-corrected chi connectivity index (χ2v) is 8.30. The van der Waals surface area contributed by atoms with E-state index in [0.29, 0.717) is 5.13 Å². The summed E-state index contributed by atoms with van der Waals surface area (Å²) in [5.74, 6) is -0.619. The Morgan fingerprint density at radius 3 is 2.44 bits per heavy atom. The first-order valence-electron chi connectivity index (χ1n) is 9.27. The van der Waals surface area contributed by atoms with Gasteiger partial charge in [-0.3, -0.25) is 19.3 Å². The number of aryl methyl sites for hydroxylation is 2. The first-order valence-corrected chi connectivity index (χ1v) is 10.1. The van der Waals surface area contributed by atoms with Crippen LogP contribution in [0.4, 0.5) is 5.13 Å². The Hall–Kier alpha value is -1.76. The lowest BCUT2D eigenvalue weighted by Gasteiger charge is -2.19. The molecule has 0 radical (unpaired) electrons. The van der Waals surface area contributed by atoms with E-state index in [-0.39, 0.29) is 42.5 Å². The first kappa shape index (κ1) is 16.7. The van der Waals surface area contributed by atoms with Crippen LogP contribution in [0.3, 0.4) is 0 Å². The topological polar surface area (TPSA) is 79.4 Å². The predicted molar refractivity (Wildman–Crippen MR) is 94.2 cm³/mol. The number of amides is 3. The van der Waals surface area contributed by atoms with Crippen LogP contribution < -0.4 is 5.32 Å². The van der Waals surface area contributed by atoms with Crippen LogP contribution in [0.2, 0.25) is 0 Å². The summed E-state index contributed by atoms with van der Waals surface area (Å²) in [6, 6.07) is 0. The Kier molecular flexibility index (Phi) is 4.58. The molecule has 0 spiro atoms. The van der Waals surface area contributed by atoms with Crippen LogP contribution in [0.15, 0.2) is 0 Å². The van der Waals surface area contributed by atoms with Crippen LogP contribution in [0.25, 0.3) is 0 Å². The molecule has 4 rings (SSSR count). The Morgan fingerprint density at radius 1 is 1.08 bits per heavy atom. The number of aromatic nitrogens is 1. The van der Waals surface area contributed by atoms with Crippen molar-refractivity contribution in [1.82, 2.24) is 9.88 Å². The number of thiazole rings is 1. The average molecular weight is 361 g/mol. The number of hydrogen-bond donors (Lipinski definition) is 1. The van der Waals surface area contributed by atoms with Gasteiger partial charge in [0.15, 0.2) is 5.13 Å². The van der Waals surface area contributed by atoms with Gasteiger partial charge in [0, 0.05) is 17.8 Å². The zero-order valence-electron chi connectivity index (χ0n) is 14.3. The van der Waals surface area contributed by atoms with E-state index in [0.717, 1.165) is 50.6 Å². The van der Waals surface area contributed by atoms with Gasteiger partial charge < -0.3 is 5.32 Å². The minimum absolute atomic E-state index is 0.0767. The van der Waals surface area contributed by atoms with Crippen LogP contribution in [0.5, 0.6) is 0 Å². The van der Waals surface area contributed by atoms with E-state index in [1.54, 1.807) is 11.3 Å². The molecule has 25 heavy (non-hydrogen) atoms. The molecule has 1 saturated heterocycles. The zero-order chi connectivity index (χ0) is 17.4. The summed E-state index contributed by atoms with van der Waals surface area (Å²) in [4.78, 5) is 44.1. The third-order valence-electron chi connectivity index (χ3n) is 5.59. The Labute approximate surface area is 151 Å². The lowest BCUT2D eigenvalue weighted by Crippen LogP contribution is -2.34. The van der Waals surface area contributed by atoms with E-state index < -0.39 is 0 Å². The van der Waals surface area contributed by atoms with E-state index in [9.17, 15) is 14.4 Å². The highest BCUT2D eigenvalue weighted by Crippen LogP contribution is 2.38. The third-order valence-corrected chi connectivity index (χ3v) is 6.66. The molecule has 134 valence electrons. The monoisotopic (exact) mass is 361 g/mol. The fourth-order valence-corrected chi connectivity index (χ4v) is 5.32. The lowest BCUT2D eigenvalue weighted by molar-refractivity contribution is -0.140. The Bertz CT molecular complexity index is 667. The minimum Gasteiger partial charge on any atom is -0.302 e. The number of carbonyl (C=O) groups excluding carboxylic acids is 3. The molecule has 3 amide bonds. The quantitative estimate of drug-likeness (QED) is 0.836. The molecule has 1 saturated carbocycles. The summed E-state index contributed by atoms with van der Waals surface area (Å²) in [6.07, 6.45) is 8.16. The number of carbonyl (C=O) groups is 3. The number of imide groups is 1. The summed E-state index contributed by atoms with van der Waals surface area (Å²) in [6.45, 7) is 0.182. The second kappa shape index (κ2) is 6.86. The smallest absolute Gasteiger partial charge is 0.233 e. The molecule has 2 aliphatic carbocycles. The maximum atomic E-state index is 12.4. The fraction of sp³-hybridized carbons (Fsp3) is 0.667. The lowest BCUT2D eigenvalue weighted by atomic mass is 9.81. The van der Waals surface area contributed by atoms with E-state index in [2.05, 4.69) is 10.3 Å². The van der Waals surface area contributed by atoms with Gasteiger partial charge in [-0.1, -0.05) is 12.8 Å². The zero-order valence-corrected chi connectivity index (χ0v) is 15.1. The minimum atomic E-state index is -0.179. The van der Waals surface area contributed by atoms with E-state index in [4.69, 9.17) is 0 Å². The number of anilines is 1. The van der Waals surface area contributed by atoms with Crippen molar-refractivity contribution in [3.05, 3.63) is 10.6 Å². The summed E-state index contributed by atoms with van der Waals surface area (Å²) in [7, 11) is 0. The van der Waals surface area contributed by atoms with Crippen molar-refractivity contribution in [2.24, 2.45) is 11.8 Å². The molecule has 6 nitrogen and oxygen atoms in total. The molecule has 1 aromatic heterocycles. The molecule has 2 heterocycles. The van der Waals surface area contributed by atoms with E-state index in [1.807, 2.05) is 0 Å². The molecule has 1 N–H and O–H groups in total. The van der Waals surface area contributed by atoms with Crippen LogP contribution in [-0.4, -0.2) is 34.2 Å². The number of likely N-dealkylation sites (tertiary alicyclic amines) is 1. The van der Waals surface area contributed by atoms with Crippen LogP contribution in [0.1, 0.15) is 55.5 Å². The van der Waals surface area contributed by atoms with Crippen molar-refractivity contribution < 1.29 is 14.4 Å². The highest BCUT2D eigenvalue weighted by molar-refractivity contribution is 7.15. The maximum Gasteiger partial charge on any atom is 0.233 e. The molecule has 2 atom stereocenters. The van der Waals surface area contributed by atoms with Crippen molar-refractivity contribution in [2.45, 2.75) is 57.8 Å². The number of fused-ring (bicyclic) bond motifs is 2. The molecular weight excluding hydrogens is 338 g/mol. The van der Waals surface area contributed by atoms with Crippen molar-refractivity contribution in [2.75, 3.05) is 11.9 Å². The van der Waals surface area contributed by atoms with Gasteiger partial charge in [0.1, 0.15) is 0 Å². The molecular formula is C18H23N3O3S. The molecule has 3 aliphatic rings. The number of nitrogens with zero attached hydrogens (tertiary/aromatic N) is 2. The fourth-order valence-electron chi connectivity index (χ4n) is 4.25. The standard InChI is InChI=1S/C18H23N3O3S/c22-15(20-18-19-13-7-3-4-8-14(13)25-18)9-10-21-16(23)11-5-1-2-6-12(11)17(21)24/h11-12H,1-10H2,(H,19,20,22)/t11-,12-/m1/s1. The maximum absolute atomic E-state index is 12.4. The van der Waals surface area contributed by atoms with Gasteiger partial charge in [-0.25, -0.2) is 4.98 Å². The van der Waals surface area contributed by atoms with Crippen LogP contribution in [0, 0.1) is 11.8 Å². The van der Waals surface area contributed by atoms with Crippen molar-refractivity contribution in [3.63, 3.8) is 0 Å². The molecule has 1 aliphatic heterocycles. The number of rotatable bonds is 4. The van der Waals surface area contributed by atoms with Crippen LogP contribution >= 0.6 is 11.3 Å². The van der Waals surface area contributed by atoms with Crippen LogP contribution in [-0.2, 0) is 27.2 Å². The molecule has 1 aromatic rings. The molecule has 2 fully saturated rings. The normalized spacial score (nSPS) is 25.7. The van der Waals surface area contributed by atoms with Crippen molar-refractivity contribution >= 4 is 34.2 Å². The molecule has 0 bridgehead atoms. The first-order chi connectivity index (χ1) is 12.1. The van der Waals surface area contributed by atoms with Gasteiger partial charge in [-0.05, 0) is 38.5 Å². The molecule has 0 unspecified atom stereocenters. The molecule has 7 heteroatoms. The summed E-state index contributed by atoms with van der Waals surface area (Å²) in [5.41, 5.74) is 1.11. The highest BCUT2D eigenvalue weighted by Gasteiger charge is 2.47. The van der Waals surface area contributed by atoms with Gasteiger partial charge in [-0.2, -0.15) is 0 Å². The third kappa shape index (κ3) is 3.21. The van der Waals surface area contributed by atoms with Gasteiger partial charge in [-0.15, -0.1) is 11.3 Å². The van der Waals surface area contributed by atoms with Gasteiger partial charge in [0.05, 0.1) is 17.5 Å². The second-order valence-electron chi connectivity index (χ2n) is 7.22. The highest BCUT2D eigenvalue weighted by atomic mass is 32.1. The van der Waals surface area contributed by atoms with Gasteiger partial charge in [0.25, 0.3) is 0 Å². The van der Waals surface area contributed by atoms with Gasteiger partial charge >= 0.3 is 0 Å². The average Bonchev–Trinajstić information content (AvgIpc) is 3.13. The summed E-state index contributed by atoms with van der Waals surface area (Å²) < 4.78 is 0. The van der Waals surface area contributed by atoms with E-state index in [1.165, 1.54) is 16.2 Å². The number of nitrogens with one attached hydrogen (secondary N) is 1. The SMILES string of the molecule is O=C(CCN1C(=O)[C@@H]2CCCC[C@H]2C1=O)Nc1nc2c(s1)CCCC2. The molecule has 0 aromatic carbocycles. The van der Waals surface area contributed by atoms with Crippen molar-refractivity contribution in [3.8, 4) is 0 Å². The Balaban J connectivity index is 1.33. The summed E-state index contributed by atoms with van der Waals surface area (Å²) >= 11 is 1.55. The van der Waals surface area contributed by atoms with Crippen molar-refractivity contribution in [1.29, 1.82) is 0 Å². The van der Waals surface area contributed by atoms with Gasteiger partial charge in [0.2, 0.25) is 17.7 Å². The predicted octanol–water partition coefficient (Wildman–Crippen LogP) is 2.53. The number of hydrogen-bond acceptors (Lipinski definition) is 5. The Morgan fingerprint density at radius 2 is 1.76 bits per heavy atom. The summed E-state index contributed by atoms with van der Waals surface area (Å²) in [5, 5.41) is 3.48.